The summed E-state index contributed by atoms with van der Waals surface area (Å²) in [6, 6.07) is 5.31. The van der Waals surface area contributed by atoms with Crippen molar-refractivity contribution >= 4 is 17.5 Å². The van der Waals surface area contributed by atoms with Crippen LogP contribution in [0.2, 0.25) is 5.02 Å². The Morgan fingerprint density at radius 1 is 1.40 bits per heavy atom. The number of hydrogen-bond acceptors (Lipinski definition) is 2. The number of carbonyl (C=O) groups excluding carboxylic acids is 1. The summed E-state index contributed by atoms with van der Waals surface area (Å²) in [6.07, 6.45) is 3.73. The molecule has 1 aromatic rings. The van der Waals surface area contributed by atoms with Crippen LogP contribution in [0.25, 0.3) is 0 Å². The number of amides is 1. The monoisotopic (exact) mass is 295 g/mol. The van der Waals surface area contributed by atoms with Crippen molar-refractivity contribution < 1.29 is 9.90 Å². The molecule has 2 rings (SSSR count). The molecule has 0 saturated heterocycles. The SMILES string of the molecule is Cc1cc(Cl)cc(C(=O)NC2(CO)CCC(C)CC2)c1. The number of aliphatic hydroxyl groups excluding tert-OH is 1. The molecule has 1 saturated carbocycles. The number of rotatable bonds is 3. The Morgan fingerprint density at radius 2 is 2.05 bits per heavy atom. The lowest BCUT2D eigenvalue weighted by molar-refractivity contribution is 0.0717. The molecule has 0 heterocycles. The largest absolute Gasteiger partial charge is 0.394 e. The highest BCUT2D eigenvalue weighted by molar-refractivity contribution is 6.31. The molecule has 20 heavy (non-hydrogen) atoms. The maximum absolute atomic E-state index is 12.4. The van der Waals surface area contributed by atoms with E-state index in [-0.39, 0.29) is 12.5 Å². The highest BCUT2D eigenvalue weighted by atomic mass is 35.5. The van der Waals surface area contributed by atoms with Crippen LogP contribution in [0.1, 0.15) is 48.5 Å². The fraction of sp³-hybridized carbons (Fsp3) is 0.562. The predicted octanol–water partition coefficient (Wildman–Crippen LogP) is 3.32. The third-order valence-corrected chi connectivity index (χ3v) is 4.44. The van der Waals surface area contributed by atoms with Gasteiger partial charge in [0.1, 0.15) is 0 Å². The standard InChI is InChI=1S/C16H22ClNO2/c1-11-3-5-16(10-19,6-4-11)18-15(20)13-7-12(2)8-14(17)9-13/h7-9,11,19H,3-6,10H2,1-2H3,(H,18,20). The van der Waals surface area contributed by atoms with E-state index < -0.39 is 5.54 Å². The van der Waals surface area contributed by atoms with Crippen LogP contribution in [0.4, 0.5) is 0 Å². The van der Waals surface area contributed by atoms with Crippen LogP contribution >= 0.6 is 11.6 Å². The smallest absolute Gasteiger partial charge is 0.251 e. The molecule has 0 radical (unpaired) electrons. The van der Waals surface area contributed by atoms with E-state index in [1.165, 1.54) is 0 Å². The summed E-state index contributed by atoms with van der Waals surface area (Å²) in [5.74, 6) is 0.513. The van der Waals surface area contributed by atoms with E-state index in [0.29, 0.717) is 16.5 Å². The first-order valence-corrected chi connectivity index (χ1v) is 7.52. The summed E-state index contributed by atoms with van der Waals surface area (Å²) in [5, 5.41) is 13.3. The van der Waals surface area contributed by atoms with Gasteiger partial charge in [-0.2, -0.15) is 0 Å². The average molecular weight is 296 g/mol. The number of aliphatic hydroxyl groups is 1. The molecule has 0 bridgehead atoms. The van der Waals surface area contributed by atoms with Gasteiger partial charge >= 0.3 is 0 Å². The Bertz CT molecular complexity index is 473. The zero-order valence-electron chi connectivity index (χ0n) is 12.1. The van der Waals surface area contributed by atoms with Gasteiger partial charge in [-0.25, -0.2) is 0 Å². The van der Waals surface area contributed by atoms with Crippen LogP contribution in [0.3, 0.4) is 0 Å². The highest BCUT2D eigenvalue weighted by Crippen LogP contribution is 2.32. The van der Waals surface area contributed by atoms with E-state index in [2.05, 4.69) is 12.2 Å². The Kier molecular flexibility index (Phi) is 4.71. The van der Waals surface area contributed by atoms with Crippen molar-refractivity contribution in [3.05, 3.63) is 34.3 Å². The predicted molar refractivity (Wildman–Crippen MR) is 81.1 cm³/mol. The first-order chi connectivity index (χ1) is 9.44. The van der Waals surface area contributed by atoms with Gasteiger partial charge < -0.3 is 10.4 Å². The molecule has 1 aromatic carbocycles. The Balaban J connectivity index is 2.13. The van der Waals surface area contributed by atoms with E-state index in [0.717, 1.165) is 31.2 Å². The van der Waals surface area contributed by atoms with Gasteiger partial charge in [-0.1, -0.05) is 18.5 Å². The second kappa shape index (κ2) is 6.15. The van der Waals surface area contributed by atoms with Gasteiger partial charge in [0, 0.05) is 10.6 Å². The minimum Gasteiger partial charge on any atom is -0.394 e. The Morgan fingerprint density at radius 3 is 2.60 bits per heavy atom. The van der Waals surface area contributed by atoms with Crippen LogP contribution in [0.15, 0.2) is 18.2 Å². The summed E-state index contributed by atoms with van der Waals surface area (Å²) in [4.78, 5) is 12.4. The molecule has 3 nitrogen and oxygen atoms in total. The number of nitrogens with one attached hydrogen (secondary N) is 1. The minimum atomic E-state index is -0.472. The lowest BCUT2D eigenvalue weighted by Gasteiger charge is -2.38. The lowest BCUT2D eigenvalue weighted by Crippen LogP contribution is -2.53. The molecule has 1 aliphatic rings. The van der Waals surface area contributed by atoms with Crippen molar-refractivity contribution in [1.29, 1.82) is 0 Å². The van der Waals surface area contributed by atoms with Crippen molar-refractivity contribution in [2.45, 2.75) is 45.1 Å². The third-order valence-electron chi connectivity index (χ3n) is 4.22. The van der Waals surface area contributed by atoms with Crippen LogP contribution in [0.5, 0.6) is 0 Å². The molecule has 0 unspecified atom stereocenters. The number of carbonyl (C=O) groups is 1. The van der Waals surface area contributed by atoms with Gasteiger partial charge in [0.2, 0.25) is 0 Å². The van der Waals surface area contributed by atoms with Gasteiger partial charge in [-0.15, -0.1) is 0 Å². The Hall–Kier alpha value is -1.06. The second-order valence-electron chi connectivity index (χ2n) is 6.09. The van der Waals surface area contributed by atoms with Crippen molar-refractivity contribution in [2.24, 2.45) is 5.92 Å². The maximum atomic E-state index is 12.4. The van der Waals surface area contributed by atoms with E-state index >= 15 is 0 Å². The van der Waals surface area contributed by atoms with Crippen molar-refractivity contribution in [3.8, 4) is 0 Å². The van der Waals surface area contributed by atoms with E-state index in [4.69, 9.17) is 11.6 Å². The van der Waals surface area contributed by atoms with Crippen molar-refractivity contribution in [3.63, 3.8) is 0 Å². The highest BCUT2D eigenvalue weighted by Gasteiger charge is 2.35. The Labute approximate surface area is 125 Å². The lowest BCUT2D eigenvalue weighted by atomic mass is 9.77. The minimum absolute atomic E-state index is 0.00892. The van der Waals surface area contributed by atoms with E-state index in [1.807, 2.05) is 19.1 Å². The molecule has 0 aromatic heterocycles. The van der Waals surface area contributed by atoms with Gasteiger partial charge in [-0.05, 0) is 62.3 Å². The van der Waals surface area contributed by atoms with Gasteiger partial charge in [0.25, 0.3) is 5.91 Å². The van der Waals surface area contributed by atoms with Crippen molar-refractivity contribution in [1.82, 2.24) is 5.32 Å². The molecule has 1 fully saturated rings. The molecule has 1 aliphatic carbocycles. The van der Waals surface area contributed by atoms with E-state index in [9.17, 15) is 9.90 Å². The summed E-state index contributed by atoms with van der Waals surface area (Å²) in [6.45, 7) is 4.11. The molecule has 0 aliphatic heterocycles. The van der Waals surface area contributed by atoms with Crippen LogP contribution in [-0.2, 0) is 0 Å². The van der Waals surface area contributed by atoms with E-state index in [1.54, 1.807) is 6.07 Å². The van der Waals surface area contributed by atoms with Crippen molar-refractivity contribution in [2.75, 3.05) is 6.61 Å². The summed E-state index contributed by atoms with van der Waals surface area (Å²) >= 11 is 6.00. The average Bonchev–Trinajstić information content (AvgIpc) is 2.40. The molecule has 0 atom stereocenters. The second-order valence-corrected chi connectivity index (χ2v) is 6.53. The summed E-state index contributed by atoms with van der Waals surface area (Å²) in [7, 11) is 0. The molecule has 1 amide bonds. The third kappa shape index (κ3) is 3.53. The van der Waals surface area contributed by atoms with Gasteiger partial charge in [-0.3, -0.25) is 4.79 Å². The normalized spacial score (nSPS) is 26.3. The fourth-order valence-electron chi connectivity index (χ4n) is 2.82. The molecule has 4 heteroatoms. The number of benzene rings is 1. The number of aryl methyl sites for hydroxylation is 1. The molecular weight excluding hydrogens is 274 g/mol. The number of hydrogen-bond donors (Lipinski definition) is 2. The van der Waals surface area contributed by atoms with Gasteiger partial charge in [0.05, 0.1) is 12.1 Å². The summed E-state index contributed by atoms with van der Waals surface area (Å²) < 4.78 is 0. The molecule has 2 N–H and O–H groups in total. The zero-order valence-corrected chi connectivity index (χ0v) is 12.8. The first kappa shape index (κ1) is 15.3. The van der Waals surface area contributed by atoms with Crippen LogP contribution < -0.4 is 5.32 Å². The molecular formula is C16H22ClNO2. The molecule has 110 valence electrons. The first-order valence-electron chi connectivity index (χ1n) is 7.15. The van der Waals surface area contributed by atoms with Crippen LogP contribution in [0, 0.1) is 12.8 Å². The molecule has 0 spiro atoms. The zero-order chi connectivity index (χ0) is 14.8. The quantitative estimate of drug-likeness (QED) is 0.899. The summed E-state index contributed by atoms with van der Waals surface area (Å²) in [5.41, 5.74) is 1.04. The maximum Gasteiger partial charge on any atom is 0.251 e. The van der Waals surface area contributed by atoms with Crippen LogP contribution in [-0.4, -0.2) is 23.2 Å². The fourth-order valence-corrected chi connectivity index (χ4v) is 3.11. The number of halogens is 1. The topological polar surface area (TPSA) is 49.3 Å². The van der Waals surface area contributed by atoms with Gasteiger partial charge in [0.15, 0.2) is 0 Å².